The van der Waals surface area contributed by atoms with Crippen LogP contribution in [0.1, 0.15) is 68.9 Å². The predicted octanol–water partition coefficient (Wildman–Crippen LogP) is 10.1. The van der Waals surface area contributed by atoms with Gasteiger partial charge >= 0.3 is 0 Å². The highest BCUT2D eigenvalue weighted by molar-refractivity contribution is 5.85. The van der Waals surface area contributed by atoms with Crippen molar-refractivity contribution >= 4 is 24.8 Å². The Kier molecular flexibility index (Phi) is 20.9. The zero-order valence-corrected chi connectivity index (χ0v) is 43.1. The van der Waals surface area contributed by atoms with Gasteiger partial charge in [0.1, 0.15) is 0 Å². The minimum atomic E-state index is 0. The van der Waals surface area contributed by atoms with Crippen molar-refractivity contribution in [3.05, 3.63) is 215 Å². The van der Waals surface area contributed by atoms with Crippen LogP contribution in [0.4, 0.5) is 0 Å². The molecule has 4 aromatic heterocycles. The van der Waals surface area contributed by atoms with Crippen LogP contribution < -0.4 is 22.9 Å². The van der Waals surface area contributed by atoms with E-state index in [9.17, 15) is 0 Å². The molecule has 0 fully saturated rings. The molecule has 74 heavy (non-hydrogen) atoms. The Morgan fingerprint density at radius 3 is 0.743 bits per heavy atom. The summed E-state index contributed by atoms with van der Waals surface area (Å²) in [5.41, 5.74) is 42.9. The van der Waals surface area contributed by atoms with Gasteiger partial charge in [0.15, 0.2) is 0 Å². The molecule has 4 aliphatic heterocycles. The number of nitrogens with zero attached hydrogens (tertiary/aromatic N) is 4. The maximum absolute atomic E-state index is 5.82. The molecular weight excluding hydrogens is 968 g/mol. The lowest BCUT2D eigenvalue weighted by molar-refractivity contribution is 0.0488. The molecule has 14 heteroatoms. The topological polar surface area (TPSA) is 193 Å². The minimum absolute atomic E-state index is 0. The first-order valence-electron chi connectivity index (χ1n) is 25.0. The van der Waals surface area contributed by atoms with Crippen LogP contribution in [-0.2, 0) is 44.6 Å². The van der Waals surface area contributed by atoms with E-state index in [-0.39, 0.29) is 49.2 Å². The lowest BCUT2D eigenvalue weighted by Gasteiger charge is -2.27. The highest BCUT2D eigenvalue weighted by Crippen LogP contribution is 2.39. The summed E-state index contributed by atoms with van der Waals surface area (Å²) in [6, 6.07) is 41.6. The fourth-order valence-electron chi connectivity index (χ4n) is 10.3. The van der Waals surface area contributed by atoms with E-state index >= 15 is 0 Å². The van der Waals surface area contributed by atoms with Crippen LogP contribution in [0.5, 0.6) is 0 Å². The first kappa shape index (κ1) is 55.5. The average molecular weight is 1030 g/mol. The predicted molar refractivity (Wildman–Crippen MR) is 299 cm³/mol. The molecular formula is C60H66Cl2N8O4. The molecule has 8 aromatic rings. The number of nitrogens with two attached hydrogens (primary N) is 4. The monoisotopic (exact) mass is 1030 g/mol. The van der Waals surface area contributed by atoms with E-state index in [4.69, 9.17) is 41.9 Å². The first-order valence-corrected chi connectivity index (χ1v) is 25.0. The smallest absolute Gasteiger partial charge is 0.0955 e. The summed E-state index contributed by atoms with van der Waals surface area (Å²) in [5.74, 6) is 0. The van der Waals surface area contributed by atoms with Gasteiger partial charge in [0.2, 0.25) is 0 Å². The molecule has 8 heterocycles. The Morgan fingerprint density at radius 1 is 0.324 bits per heavy atom. The summed E-state index contributed by atoms with van der Waals surface area (Å²) < 4.78 is 23.1. The normalized spacial score (nSPS) is 17.9. The number of pyridine rings is 4. The first-order chi connectivity index (χ1) is 35.6. The molecule has 0 aliphatic carbocycles. The lowest BCUT2D eigenvalue weighted by atomic mass is 9.90. The van der Waals surface area contributed by atoms with Crippen LogP contribution >= 0.6 is 24.8 Å². The van der Waals surface area contributed by atoms with Gasteiger partial charge in [-0.25, -0.2) is 0 Å². The summed E-state index contributed by atoms with van der Waals surface area (Å²) in [4.78, 5) is 16.8. The van der Waals surface area contributed by atoms with Crippen molar-refractivity contribution in [2.45, 2.75) is 50.1 Å². The average Bonchev–Trinajstić information content (AvgIpc) is 3.47. The van der Waals surface area contributed by atoms with Gasteiger partial charge in [0.25, 0.3) is 0 Å². The second-order valence-electron chi connectivity index (χ2n) is 17.9. The summed E-state index contributed by atoms with van der Waals surface area (Å²) in [6.07, 6.45) is 18.5. The fraction of sp³-hybridized carbons (Fsp3) is 0.267. The molecule has 4 atom stereocenters. The molecule has 12 nitrogen and oxygen atoms in total. The van der Waals surface area contributed by atoms with Gasteiger partial charge in [-0.2, -0.15) is 0 Å². The van der Waals surface area contributed by atoms with Gasteiger partial charge in [-0.05, 0) is 117 Å². The Balaban J connectivity index is 0.000000143. The minimum Gasteiger partial charge on any atom is -0.372 e. The van der Waals surface area contributed by atoms with Crippen LogP contribution in [-0.4, -0.2) is 72.5 Å². The highest BCUT2D eigenvalue weighted by Gasteiger charge is 2.27. The molecule has 0 saturated heterocycles. The van der Waals surface area contributed by atoms with Gasteiger partial charge in [0.05, 0.1) is 50.8 Å². The third kappa shape index (κ3) is 13.0. The molecule has 0 bridgehead atoms. The van der Waals surface area contributed by atoms with Crippen molar-refractivity contribution in [3.63, 3.8) is 0 Å². The van der Waals surface area contributed by atoms with Gasteiger partial charge in [0, 0.05) is 98.0 Å². The molecule has 0 unspecified atom stereocenters. The van der Waals surface area contributed by atoms with E-state index in [1.54, 1.807) is 24.8 Å². The van der Waals surface area contributed by atoms with Crippen LogP contribution in [0.3, 0.4) is 0 Å². The number of ether oxygens (including phenoxy) is 4. The summed E-state index contributed by atoms with van der Waals surface area (Å²) in [6.45, 7) is 5.09. The second kappa shape index (κ2) is 27.9. The third-order valence-corrected chi connectivity index (χ3v) is 13.6. The SMILES string of the molecule is Cl.Cl.NC[C@@H]1OCCc2cccc(-c3cccnc3)c21.NC[C@@H]1OCCc2cccc(-c3cccnc3)c21.NC[C@H]1OCCc2cccc(-c3cccnc3)c21.NC[C@H]1OCCc2cccc(-c3cccnc3)c21. The summed E-state index contributed by atoms with van der Waals surface area (Å²) >= 11 is 0. The van der Waals surface area contributed by atoms with Crippen molar-refractivity contribution in [1.82, 2.24) is 19.9 Å². The third-order valence-electron chi connectivity index (χ3n) is 13.6. The maximum atomic E-state index is 5.82. The molecule has 384 valence electrons. The Morgan fingerprint density at radius 2 is 0.554 bits per heavy atom. The molecule has 4 aliphatic rings. The van der Waals surface area contributed by atoms with Crippen LogP contribution in [0, 0.1) is 0 Å². The molecule has 8 N–H and O–H groups in total. The molecule has 0 radical (unpaired) electrons. The van der Waals surface area contributed by atoms with Gasteiger partial charge in [-0.15, -0.1) is 24.8 Å². The molecule has 0 amide bonds. The second-order valence-corrected chi connectivity index (χ2v) is 17.9. The Bertz CT molecular complexity index is 2580. The number of benzene rings is 4. The Hall–Kier alpha value is -6.26. The van der Waals surface area contributed by atoms with Crippen molar-refractivity contribution in [1.29, 1.82) is 0 Å². The van der Waals surface area contributed by atoms with Crippen molar-refractivity contribution < 1.29 is 18.9 Å². The number of rotatable bonds is 8. The number of aromatic nitrogens is 4. The van der Waals surface area contributed by atoms with Gasteiger partial charge < -0.3 is 41.9 Å². The van der Waals surface area contributed by atoms with Gasteiger partial charge in [-0.1, -0.05) is 97.1 Å². The van der Waals surface area contributed by atoms with Gasteiger partial charge in [-0.3, -0.25) is 19.9 Å². The van der Waals surface area contributed by atoms with Crippen LogP contribution in [0.25, 0.3) is 44.5 Å². The molecule has 12 rings (SSSR count). The number of halogens is 2. The van der Waals surface area contributed by atoms with E-state index in [0.717, 1.165) is 74.4 Å². The van der Waals surface area contributed by atoms with Crippen molar-refractivity contribution in [2.75, 3.05) is 52.6 Å². The molecule has 0 spiro atoms. The van der Waals surface area contributed by atoms with E-state index in [1.165, 1.54) is 66.8 Å². The molecule has 0 saturated carbocycles. The summed E-state index contributed by atoms with van der Waals surface area (Å²) in [7, 11) is 0. The largest absolute Gasteiger partial charge is 0.372 e. The fourth-order valence-corrected chi connectivity index (χ4v) is 10.3. The van der Waals surface area contributed by atoms with Crippen molar-refractivity contribution in [3.8, 4) is 44.5 Å². The lowest BCUT2D eigenvalue weighted by Crippen LogP contribution is -2.23. The highest BCUT2D eigenvalue weighted by atomic mass is 35.5. The van der Waals surface area contributed by atoms with Crippen LogP contribution in [0.15, 0.2) is 171 Å². The number of hydrogen-bond donors (Lipinski definition) is 4. The van der Waals surface area contributed by atoms with Crippen LogP contribution in [0.2, 0.25) is 0 Å². The number of fused-ring (bicyclic) bond motifs is 4. The Labute approximate surface area is 447 Å². The van der Waals surface area contributed by atoms with Crippen molar-refractivity contribution in [2.24, 2.45) is 22.9 Å². The van der Waals surface area contributed by atoms with E-state index < -0.39 is 0 Å². The quantitative estimate of drug-likeness (QED) is 0.113. The zero-order valence-electron chi connectivity index (χ0n) is 41.5. The standard InChI is InChI=1S/4C15H16N2O.2ClH/c4*16-9-14-15-11(6-8-18-14)3-1-5-13(15)12-4-2-7-17-10-12;;/h4*1-5,7,10,14H,6,8-9,16H2;2*1H/t4*14-;;/m1100../s1. The zero-order chi connectivity index (χ0) is 49.5. The number of hydrogen-bond acceptors (Lipinski definition) is 12. The van der Waals surface area contributed by atoms with E-state index in [1.807, 2.05) is 49.1 Å². The van der Waals surface area contributed by atoms with E-state index in [2.05, 4.69) is 117 Å². The summed E-state index contributed by atoms with van der Waals surface area (Å²) in [5, 5.41) is 0. The molecule has 4 aromatic carbocycles. The van der Waals surface area contributed by atoms with E-state index in [0.29, 0.717) is 26.2 Å². The maximum Gasteiger partial charge on any atom is 0.0955 e.